The third-order valence-electron chi connectivity index (χ3n) is 5.16. The fourth-order valence-corrected chi connectivity index (χ4v) is 3.94. The molecule has 3 aromatic rings. The second kappa shape index (κ2) is 6.71. The average Bonchev–Trinajstić information content (AvgIpc) is 3.28. The van der Waals surface area contributed by atoms with E-state index in [1.165, 1.54) is 10.9 Å². The third-order valence-corrected chi connectivity index (χ3v) is 5.16. The maximum atomic E-state index is 13.0. The van der Waals surface area contributed by atoms with Crippen LogP contribution in [0.15, 0.2) is 54.9 Å². The van der Waals surface area contributed by atoms with Crippen LogP contribution in [0.5, 0.6) is 0 Å². The minimum absolute atomic E-state index is 0.119. The summed E-state index contributed by atoms with van der Waals surface area (Å²) in [6.07, 6.45) is 6.44. The van der Waals surface area contributed by atoms with Gasteiger partial charge in [0.1, 0.15) is 0 Å². The van der Waals surface area contributed by atoms with Crippen LogP contribution >= 0.6 is 0 Å². The minimum atomic E-state index is 0.119. The molecule has 0 unspecified atom stereocenters. The number of likely N-dealkylation sites (tertiary alicyclic amines) is 1. The van der Waals surface area contributed by atoms with Crippen molar-refractivity contribution in [1.82, 2.24) is 14.5 Å². The zero-order valence-corrected chi connectivity index (χ0v) is 14.6. The van der Waals surface area contributed by atoms with Crippen molar-refractivity contribution in [2.24, 2.45) is 0 Å². The number of amides is 1. The summed E-state index contributed by atoms with van der Waals surface area (Å²) in [5.74, 6) is 0.201. The number of benzene rings is 1. The molecule has 1 aliphatic rings. The number of hydrogen-bond donors (Lipinski definition) is 0. The Labute approximate surface area is 148 Å². The van der Waals surface area contributed by atoms with Crippen molar-refractivity contribution < 1.29 is 4.79 Å². The molecule has 0 radical (unpaired) electrons. The highest BCUT2D eigenvalue weighted by Gasteiger charge is 2.31. The predicted octanol–water partition coefficient (Wildman–Crippen LogP) is 3.96. The van der Waals surface area contributed by atoms with E-state index in [1.807, 2.05) is 35.4 Å². The van der Waals surface area contributed by atoms with E-state index < -0.39 is 0 Å². The van der Waals surface area contributed by atoms with Crippen molar-refractivity contribution in [3.8, 4) is 0 Å². The molecule has 1 fully saturated rings. The summed E-state index contributed by atoms with van der Waals surface area (Å²) >= 11 is 0. The zero-order valence-electron chi connectivity index (χ0n) is 14.6. The molecule has 4 heteroatoms. The van der Waals surface area contributed by atoms with Gasteiger partial charge in [0.25, 0.3) is 0 Å². The number of pyridine rings is 1. The van der Waals surface area contributed by atoms with Gasteiger partial charge in [-0.25, -0.2) is 0 Å². The van der Waals surface area contributed by atoms with Gasteiger partial charge in [0.2, 0.25) is 5.91 Å². The molecule has 2 aromatic heterocycles. The van der Waals surface area contributed by atoms with E-state index in [0.717, 1.165) is 37.2 Å². The van der Waals surface area contributed by atoms with Gasteiger partial charge in [0.15, 0.2) is 0 Å². The lowest BCUT2D eigenvalue weighted by Crippen LogP contribution is -2.32. The molecule has 4 rings (SSSR count). The second-order valence-corrected chi connectivity index (χ2v) is 6.63. The summed E-state index contributed by atoms with van der Waals surface area (Å²) < 4.78 is 2.22. The van der Waals surface area contributed by atoms with Gasteiger partial charge in [-0.1, -0.05) is 24.3 Å². The Balaban J connectivity index is 1.60. The first kappa shape index (κ1) is 15.9. The Bertz CT molecular complexity index is 885. The molecule has 25 heavy (non-hydrogen) atoms. The number of carbonyl (C=O) groups is 1. The molecular weight excluding hydrogens is 310 g/mol. The highest BCUT2D eigenvalue weighted by Crippen LogP contribution is 2.32. The van der Waals surface area contributed by atoms with Crippen LogP contribution in [0.1, 0.15) is 37.1 Å². The number of carbonyl (C=O) groups excluding carboxylic acids is 1. The van der Waals surface area contributed by atoms with Crippen LogP contribution in [-0.4, -0.2) is 26.9 Å². The molecular formula is C21H23N3O. The Morgan fingerprint density at radius 1 is 1.20 bits per heavy atom. The number of rotatable bonds is 4. The maximum absolute atomic E-state index is 13.0. The summed E-state index contributed by atoms with van der Waals surface area (Å²) in [5.41, 5.74) is 3.33. The summed E-state index contributed by atoms with van der Waals surface area (Å²) in [6.45, 7) is 3.87. The zero-order chi connectivity index (χ0) is 17.2. The molecule has 0 saturated carbocycles. The number of aryl methyl sites for hydroxylation is 1. The highest BCUT2D eigenvalue weighted by molar-refractivity contribution is 5.89. The van der Waals surface area contributed by atoms with Crippen LogP contribution in [0.2, 0.25) is 0 Å². The molecule has 0 N–H and O–H groups in total. The van der Waals surface area contributed by atoms with Gasteiger partial charge in [-0.15, -0.1) is 0 Å². The average molecular weight is 333 g/mol. The molecule has 4 nitrogen and oxygen atoms in total. The lowest BCUT2D eigenvalue weighted by Gasteiger charge is -2.24. The smallest absolute Gasteiger partial charge is 0.227 e. The van der Waals surface area contributed by atoms with E-state index in [2.05, 4.69) is 40.9 Å². The molecule has 0 bridgehead atoms. The fourth-order valence-electron chi connectivity index (χ4n) is 3.94. The van der Waals surface area contributed by atoms with E-state index in [0.29, 0.717) is 6.42 Å². The van der Waals surface area contributed by atoms with Crippen molar-refractivity contribution in [3.05, 3.63) is 66.1 Å². The molecule has 0 spiro atoms. The molecule has 1 atom stereocenters. The Kier molecular flexibility index (Phi) is 4.26. The summed E-state index contributed by atoms with van der Waals surface area (Å²) in [6, 6.07) is 14.4. The summed E-state index contributed by atoms with van der Waals surface area (Å²) in [4.78, 5) is 19.5. The van der Waals surface area contributed by atoms with E-state index in [4.69, 9.17) is 0 Å². The Morgan fingerprint density at radius 2 is 2.04 bits per heavy atom. The molecule has 3 heterocycles. The van der Waals surface area contributed by atoms with Crippen LogP contribution in [0.3, 0.4) is 0 Å². The molecule has 128 valence electrons. The quantitative estimate of drug-likeness (QED) is 0.725. The summed E-state index contributed by atoms with van der Waals surface area (Å²) in [5, 5.41) is 1.19. The highest BCUT2D eigenvalue weighted by atomic mass is 16.2. The Hall–Kier alpha value is -2.62. The van der Waals surface area contributed by atoms with Crippen molar-refractivity contribution in [2.75, 3.05) is 6.54 Å². The third kappa shape index (κ3) is 2.93. The normalized spacial score (nSPS) is 17.3. The number of para-hydroxylation sites is 1. The predicted molar refractivity (Wildman–Crippen MR) is 99.2 cm³/mol. The molecule has 1 aromatic carbocycles. The van der Waals surface area contributed by atoms with Gasteiger partial charge in [0, 0.05) is 36.4 Å². The topological polar surface area (TPSA) is 38.1 Å². The van der Waals surface area contributed by atoms with Crippen molar-refractivity contribution in [3.63, 3.8) is 0 Å². The first-order valence-corrected chi connectivity index (χ1v) is 9.05. The number of fused-ring (bicyclic) bond motifs is 1. The molecule has 1 saturated heterocycles. The lowest BCUT2D eigenvalue weighted by atomic mass is 10.1. The van der Waals surface area contributed by atoms with Crippen molar-refractivity contribution in [1.29, 1.82) is 0 Å². The van der Waals surface area contributed by atoms with Gasteiger partial charge >= 0.3 is 0 Å². The van der Waals surface area contributed by atoms with Crippen LogP contribution in [0.25, 0.3) is 10.9 Å². The van der Waals surface area contributed by atoms with E-state index in [9.17, 15) is 4.79 Å². The van der Waals surface area contributed by atoms with E-state index in [1.54, 1.807) is 0 Å². The number of nitrogens with zero attached hydrogens (tertiary/aromatic N) is 3. The van der Waals surface area contributed by atoms with Gasteiger partial charge in [-0.3, -0.25) is 9.78 Å². The van der Waals surface area contributed by atoms with Gasteiger partial charge in [-0.2, -0.15) is 0 Å². The second-order valence-electron chi connectivity index (χ2n) is 6.63. The van der Waals surface area contributed by atoms with Gasteiger partial charge in [0.05, 0.1) is 18.2 Å². The van der Waals surface area contributed by atoms with Gasteiger partial charge in [-0.05, 0) is 43.5 Å². The standard InChI is InChI=1S/C21H23N3O/c1-2-23-15-16(17-8-3-4-10-19(17)23)14-21(25)24-13-7-11-20(24)18-9-5-6-12-22-18/h3-6,8-10,12,15,20H,2,7,11,13-14H2,1H3/t20-/m1/s1. The SMILES string of the molecule is CCn1cc(CC(=O)N2CCC[C@@H]2c2ccccn2)c2ccccc21. The lowest BCUT2D eigenvalue weighted by molar-refractivity contribution is -0.131. The molecule has 0 aliphatic carbocycles. The monoisotopic (exact) mass is 333 g/mol. The maximum Gasteiger partial charge on any atom is 0.227 e. The first-order chi connectivity index (χ1) is 12.3. The van der Waals surface area contributed by atoms with Crippen molar-refractivity contribution >= 4 is 16.8 Å². The van der Waals surface area contributed by atoms with Gasteiger partial charge < -0.3 is 9.47 Å². The number of aromatic nitrogens is 2. The van der Waals surface area contributed by atoms with E-state index >= 15 is 0 Å². The number of hydrogen-bond acceptors (Lipinski definition) is 2. The molecule has 1 amide bonds. The van der Waals surface area contributed by atoms with Crippen molar-refractivity contribution in [2.45, 2.75) is 38.8 Å². The van der Waals surface area contributed by atoms with E-state index in [-0.39, 0.29) is 11.9 Å². The fraction of sp³-hybridized carbons (Fsp3) is 0.333. The van der Waals surface area contributed by atoms with Crippen LogP contribution < -0.4 is 0 Å². The van der Waals surface area contributed by atoms with Crippen LogP contribution in [-0.2, 0) is 17.8 Å². The molecule has 1 aliphatic heterocycles. The largest absolute Gasteiger partial charge is 0.347 e. The van der Waals surface area contributed by atoms with Crippen LogP contribution in [0, 0.1) is 0 Å². The Morgan fingerprint density at radius 3 is 2.84 bits per heavy atom. The van der Waals surface area contributed by atoms with Crippen LogP contribution in [0.4, 0.5) is 0 Å². The summed E-state index contributed by atoms with van der Waals surface area (Å²) in [7, 11) is 0. The minimum Gasteiger partial charge on any atom is -0.347 e. The first-order valence-electron chi connectivity index (χ1n) is 9.05.